The molecule has 0 fully saturated rings. The summed E-state index contributed by atoms with van der Waals surface area (Å²) in [6.07, 6.45) is 5.47. The maximum atomic E-state index is 4.82. The zero-order valence-corrected chi connectivity index (χ0v) is 18.8. The summed E-state index contributed by atoms with van der Waals surface area (Å²) in [5.74, 6) is 0. The number of nitrogens with zero attached hydrogens (tertiary/aromatic N) is 6. The van der Waals surface area contributed by atoms with Gasteiger partial charge in [-0.2, -0.15) is 0 Å². The summed E-state index contributed by atoms with van der Waals surface area (Å²) < 4.78 is 1.79. The fourth-order valence-electron chi connectivity index (χ4n) is 3.61. The Kier molecular flexibility index (Phi) is 5.26. The van der Waals surface area contributed by atoms with Gasteiger partial charge in [0.1, 0.15) is 5.69 Å². The number of aromatic nitrogens is 6. The van der Waals surface area contributed by atoms with Crippen LogP contribution in [0.15, 0.2) is 91.4 Å². The zero-order valence-electron chi connectivity index (χ0n) is 18.8. The minimum atomic E-state index is 0.104. The Bertz CT molecular complexity index is 1310. The van der Waals surface area contributed by atoms with Gasteiger partial charge in [-0.25, -0.2) is 9.67 Å². The molecule has 0 saturated carbocycles. The molecule has 0 radical (unpaired) electrons. The first-order valence-corrected chi connectivity index (χ1v) is 10.9. The molecule has 0 aliphatic rings. The van der Waals surface area contributed by atoms with E-state index >= 15 is 0 Å². The monoisotopic (exact) mass is 432 g/mol. The third-order valence-electron chi connectivity index (χ3n) is 5.47. The molecule has 162 valence electrons. The highest BCUT2D eigenvalue weighted by Crippen LogP contribution is 2.28. The molecular formula is C27H24N6. The summed E-state index contributed by atoms with van der Waals surface area (Å²) in [6.45, 7) is 6.62. The van der Waals surface area contributed by atoms with E-state index in [0.717, 1.165) is 39.7 Å². The second kappa shape index (κ2) is 8.39. The van der Waals surface area contributed by atoms with Crippen LogP contribution in [-0.4, -0.2) is 29.9 Å². The summed E-state index contributed by atoms with van der Waals surface area (Å²) >= 11 is 0. The van der Waals surface area contributed by atoms with Crippen LogP contribution in [0.25, 0.3) is 39.7 Å². The van der Waals surface area contributed by atoms with Crippen molar-refractivity contribution >= 4 is 0 Å². The average molecular weight is 433 g/mol. The van der Waals surface area contributed by atoms with Gasteiger partial charge < -0.3 is 0 Å². The molecule has 5 rings (SSSR count). The van der Waals surface area contributed by atoms with Crippen molar-refractivity contribution in [3.05, 3.63) is 97.0 Å². The summed E-state index contributed by atoms with van der Waals surface area (Å²) in [5.41, 5.74) is 7.12. The number of hydrogen-bond acceptors (Lipinski definition) is 5. The van der Waals surface area contributed by atoms with Crippen LogP contribution in [0, 0.1) is 0 Å². The van der Waals surface area contributed by atoms with Gasteiger partial charge in [-0.1, -0.05) is 50.3 Å². The lowest BCUT2D eigenvalue weighted by Gasteiger charge is -2.19. The lowest BCUT2D eigenvalue weighted by atomic mass is 9.87. The van der Waals surface area contributed by atoms with E-state index in [4.69, 9.17) is 4.98 Å². The quantitative estimate of drug-likeness (QED) is 0.362. The highest BCUT2D eigenvalue weighted by Gasteiger charge is 2.15. The second-order valence-electron chi connectivity index (χ2n) is 8.90. The van der Waals surface area contributed by atoms with E-state index in [1.807, 2.05) is 54.7 Å². The zero-order chi connectivity index (χ0) is 22.8. The van der Waals surface area contributed by atoms with E-state index in [1.54, 1.807) is 17.1 Å². The van der Waals surface area contributed by atoms with Crippen LogP contribution in [0.3, 0.4) is 0 Å². The summed E-state index contributed by atoms with van der Waals surface area (Å²) in [5, 5.41) is 8.82. The van der Waals surface area contributed by atoms with Crippen LogP contribution in [0.2, 0.25) is 0 Å². The van der Waals surface area contributed by atoms with Crippen molar-refractivity contribution in [2.45, 2.75) is 26.2 Å². The van der Waals surface area contributed by atoms with E-state index in [9.17, 15) is 0 Å². The maximum Gasteiger partial charge on any atom is 0.113 e. The van der Waals surface area contributed by atoms with Gasteiger partial charge in [-0.15, -0.1) is 5.10 Å². The molecule has 0 N–H and O–H groups in total. The molecule has 0 atom stereocenters. The van der Waals surface area contributed by atoms with Crippen molar-refractivity contribution in [3.63, 3.8) is 0 Å². The molecule has 0 spiro atoms. The second-order valence-corrected chi connectivity index (χ2v) is 8.90. The minimum Gasteiger partial charge on any atom is -0.255 e. The Morgan fingerprint density at radius 1 is 0.667 bits per heavy atom. The van der Waals surface area contributed by atoms with Gasteiger partial charge in [0.05, 0.1) is 34.7 Å². The van der Waals surface area contributed by atoms with Crippen LogP contribution >= 0.6 is 0 Å². The molecular weight excluding hydrogens is 408 g/mol. The third kappa shape index (κ3) is 4.41. The smallest absolute Gasteiger partial charge is 0.113 e. The topological polar surface area (TPSA) is 69.4 Å². The number of benzene rings is 1. The predicted octanol–water partition coefficient (Wildman–Crippen LogP) is 5.75. The van der Waals surface area contributed by atoms with E-state index in [2.05, 4.69) is 65.3 Å². The van der Waals surface area contributed by atoms with E-state index < -0.39 is 0 Å². The molecule has 1 aromatic carbocycles. The Labute approximate surface area is 193 Å². The van der Waals surface area contributed by atoms with Crippen molar-refractivity contribution in [2.24, 2.45) is 0 Å². The van der Waals surface area contributed by atoms with Gasteiger partial charge in [0.25, 0.3) is 0 Å². The van der Waals surface area contributed by atoms with E-state index in [-0.39, 0.29) is 5.41 Å². The van der Waals surface area contributed by atoms with Crippen molar-refractivity contribution in [3.8, 4) is 39.7 Å². The van der Waals surface area contributed by atoms with Gasteiger partial charge in [-0.3, -0.25) is 9.97 Å². The van der Waals surface area contributed by atoms with Crippen molar-refractivity contribution in [2.75, 3.05) is 0 Å². The van der Waals surface area contributed by atoms with Crippen LogP contribution in [-0.2, 0) is 5.41 Å². The lowest BCUT2D eigenvalue weighted by Crippen LogP contribution is -2.10. The highest BCUT2D eigenvalue weighted by atomic mass is 15.4. The first-order valence-electron chi connectivity index (χ1n) is 10.9. The molecule has 6 heteroatoms. The number of pyridine rings is 3. The lowest BCUT2D eigenvalue weighted by molar-refractivity contribution is 0.590. The molecule has 6 nitrogen and oxygen atoms in total. The fourth-order valence-corrected chi connectivity index (χ4v) is 3.61. The van der Waals surface area contributed by atoms with Crippen LogP contribution in [0.1, 0.15) is 26.3 Å². The predicted molar refractivity (Wildman–Crippen MR) is 130 cm³/mol. The molecule has 0 aliphatic heterocycles. The Balaban J connectivity index is 1.56. The number of hydrogen-bond donors (Lipinski definition) is 0. The fraction of sp³-hybridized carbons (Fsp3) is 0.148. The molecule has 0 saturated heterocycles. The Morgan fingerprint density at radius 3 is 1.79 bits per heavy atom. The Hall–Kier alpha value is -4.19. The Morgan fingerprint density at radius 2 is 1.27 bits per heavy atom. The largest absolute Gasteiger partial charge is 0.255 e. The third-order valence-corrected chi connectivity index (χ3v) is 5.47. The van der Waals surface area contributed by atoms with Crippen LogP contribution in [0.4, 0.5) is 0 Å². The molecule has 0 amide bonds. The van der Waals surface area contributed by atoms with Crippen LogP contribution in [0.5, 0.6) is 0 Å². The van der Waals surface area contributed by atoms with Crippen molar-refractivity contribution in [1.82, 2.24) is 29.9 Å². The minimum absolute atomic E-state index is 0.104. The molecule has 4 aromatic heterocycles. The molecule has 0 unspecified atom stereocenters. The molecule has 0 bridgehead atoms. The van der Waals surface area contributed by atoms with E-state index in [1.165, 1.54) is 5.56 Å². The van der Waals surface area contributed by atoms with Gasteiger partial charge in [0, 0.05) is 18.0 Å². The SMILES string of the molecule is CC(C)(C)c1ccc(-n2cc(-c3cc(-c4ccccn4)nc(-c4ccccn4)c3)nn2)cc1. The molecule has 4 heterocycles. The van der Waals surface area contributed by atoms with Gasteiger partial charge in [0.15, 0.2) is 0 Å². The summed E-state index contributed by atoms with van der Waals surface area (Å²) in [4.78, 5) is 13.8. The molecule has 0 aliphatic carbocycles. The molecule has 5 aromatic rings. The highest BCUT2D eigenvalue weighted by molar-refractivity contribution is 5.72. The first kappa shape index (κ1) is 20.7. The molecule has 33 heavy (non-hydrogen) atoms. The average Bonchev–Trinajstić information content (AvgIpc) is 3.35. The maximum absolute atomic E-state index is 4.82. The summed E-state index contributed by atoms with van der Waals surface area (Å²) in [7, 11) is 0. The van der Waals surface area contributed by atoms with Crippen molar-refractivity contribution < 1.29 is 0 Å². The van der Waals surface area contributed by atoms with Crippen molar-refractivity contribution in [1.29, 1.82) is 0 Å². The van der Waals surface area contributed by atoms with Crippen LogP contribution < -0.4 is 0 Å². The van der Waals surface area contributed by atoms with Gasteiger partial charge in [0.2, 0.25) is 0 Å². The summed E-state index contributed by atoms with van der Waals surface area (Å²) in [6, 6.07) is 24.0. The van der Waals surface area contributed by atoms with Gasteiger partial charge in [-0.05, 0) is 59.5 Å². The number of rotatable bonds is 4. The standard InChI is InChI=1S/C27H24N6/c1-27(2,3)20-10-12-21(13-11-20)33-18-26(31-32-33)19-16-24(22-8-4-6-14-28-22)30-25(17-19)23-9-5-7-15-29-23/h4-18H,1-3H3. The normalized spacial score (nSPS) is 11.5. The van der Waals surface area contributed by atoms with Gasteiger partial charge >= 0.3 is 0 Å². The van der Waals surface area contributed by atoms with E-state index in [0.29, 0.717) is 0 Å². The first-order chi connectivity index (χ1) is 16.0.